The summed E-state index contributed by atoms with van der Waals surface area (Å²) in [6.07, 6.45) is 7.47. The molecule has 0 bridgehead atoms. The normalized spacial score (nSPS) is 17.2. The number of hydrogen-bond donors (Lipinski definition) is 2. The maximum absolute atomic E-state index is 5.40. The van der Waals surface area contributed by atoms with Crippen molar-refractivity contribution in [3.05, 3.63) is 0 Å². The highest BCUT2D eigenvalue weighted by molar-refractivity contribution is 4.82. The third kappa shape index (κ3) is 6.81. The molecule has 2 N–H and O–H groups in total. The fraction of sp³-hybridized carbons (Fsp3) is 0.833. The maximum Gasteiger partial charge on any atom is 0.107 e. The van der Waals surface area contributed by atoms with Crippen LogP contribution in [0.1, 0.15) is 12.8 Å². The Morgan fingerprint density at radius 3 is 2.69 bits per heavy atom. The van der Waals surface area contributed by atoms with Crippen LogP contribution in [-0.4, -0.2) is 52.1 Å². The minimum absolute atomic E-state index is 0.372. The molecule has 4 heteroatoms. The Labute approximate surface area is 98.1 Å². The Morgan fingerprint density at radius 2 is 1.94 bits per heavy atom. The van der Waals surface area contributed by atoms with Crippen molar-refractivity contribution in [3.8, 4) is 12.3 Å². The SMILES string of the molecule is C#CCOCCOCCNC1CCNCC1. The molecule has 1 rings (SSSR count). The van der Waals surface area contributed by atoms with Gasteiger partial charge in [-0.3, -0.25) is 0 Å². The van der Waals surface area contributed by atoms with Crippen LogP contribution in [0.2, 0.25) is 0 Å². The van der Waals surface area contributed by atoms with Crippen LogP contribution in [-0.2, 0) is 9.47 Å². The van der Waals surface area contributed by atoms with Crippen LogP contribution in [0.3, 0.4) is 0 Å². The summed E-state index contributed by atoms with van der Waals surface area (Å²) >= 11 is 0. The molecule has 0 atom stereocenters. The van der Waals surface area contributed by atoms with Gasteiger partial charge in [-0.1, -0.05) is 5.92 Å². The summed E-state index contributed by atoms with van der Waals surface area (Å²) in [6.45, 7) is 5.48. The van der Waals surface area contributed by atoms with Crippen LogP contribution in [0.5, 0.6) is 0 Å². The van der Waals surface area contributed by atoms with Crippen LogP contribution in [0, 0.1) is 12.3 Å². The summed E-state index contributed by atoms with van der Waals surface area (Å²) in [4.78, 5) is 0. The zero-order valence-corrected chi connectivity index (χ0v) is 9.84. The minimum Gasteiger partial charge on any atom is -0.378 e. The third-order valence-corrected chi connectivity index (χ3v) is 2.58. The highest BCUT2D eigenvalue weighted by Gasteiger charge is 2.10. The molecule has 1 aliphatic heterocycles. The second-order valence-corrected chi connectivity index (χ2v) is 3.85. The summed E-state index contributed by atoms with van der Waals surface area (Å²) in [6, 6.07) is 0.655. The van der Waals surface area contributed by atoms with Gasteiger partial charge in [0.15, 0.2) is 0 Å². The fourth-order valence-electron chi connectivity index (χ4n) is 1.71. The molecule has 4 nitrogen and oxygen atoms in total. The molecule has 0 amide bonds. The van der Waals surface area contributed by atoms with Gasteiger partial charge in [0.2, 0.25) is 0 Å². The lowest BCUT2D eigenvalue weighted by Crippen LogP contribution is -2.41. The molecule has 0 radical (unpaired) electrons. The van der Waals surface area contributed by atoms with E-state index >= 15 is 0 Å². The van der Waals surface area contributed by atoms with Gasteiger partial charge < -0.3 is 20.1 Å². The largest absolute Gasteiger partial charge is 0.378 e. The van der Waals surface area contributed by atoms with Crippen molar-refractivity contribution in [3.63, 3.8) is 0 Å². The van der Waals surface area contributed by atoms with Gasteiger partial charge in [-0.2, -0.15) is 0 Å². The topological polar surface area (TPSA) is 42.5 Å². The number of piperidine rings is 1. The van der Waals surface area contributed by atoms with E-state index in [1.54, 1.807) is 0 Å². The van der Waals surface area contributed by atoms with Crippen molar-refractivity contribution >= 4 is 0 Å². The van der Waals surface area contributed by atoms with E-state index in [0.29, 0.717) is 25.9 Å². The highest BCUT2D eigenvalue weighted by Crippen LogP contribution is 2.00. The number of terminal acetylenes is 1. The van der Waals surface area contributed by atoms with Crippen LogP contribution in [0.25, 0.3) is 0 Å². The van der Waals surface area contributed by atoms with Gasteiger partial charge in [0.25, 0.3) is 0 Å². The van der Waals surface area contributed by atoms with Crippen molar-refractivity contribution in [2.24, 2.45) is 0 Å². The molecular weight excluding hydrogens is 204 g/mol. The molecule has 1 saturated heterocycles. The summed E-state index contributed by atoms with van der Waals surface area (Å²) in [5, 5.41) is 6.83. The zero-order valence-electron chi connectivity index (χ0n) is 9.84. The maximum atomic E-state index is 5.40. The third-order valence-electron chi connectivity index (χ3n) is 2.58. The van der Waals surface area contributed by atoms with Crippen molar-refractivity contribution in [2.45, 2.75) is 18.9 Å². The standard InChI is InChI=1S/C12H22N2O2/c1-2-8-15-10-11-16-9-7-14-12-3-5-13-6-4-12/h1,12-14H,3-11H2. The van der Waals surface area contributed by atoms with Gasteiger partial charge in [0.05, 0.1) is 19.8 Å². The van der Waals surface area contributed by atoms with Gasteiger partial charge in [-0.25, -0.2) is 0 Å². The van der Waals surface area contributed by atoms with Crippen molar-refractivity contribution in [1.82, 2.24) is 10.6 Å². The average Bonchev–Trinajstić information content (AvgIpc) is 2.34. The monoisotopic (exact) mass is 226 g/mol. The second-order valence-electron chi connectivity index (χ2n) is 3.85. The van der Waals surface area contributed by atoms with E-state index in [4.69, 9.17) is 15.9 Å². The Morgan fingerprint density at radius 1 is 1.19 bits per heavy atom. The quantitative estimate of drug-likeness (QED) is 0.451. The molecule has 1 aliphatic rings. The number of ether oxygens (including phenoxy) is 2. The van der Waals surface area contributed by atoms with E-state index in [-0.39, 0.29) is 0 Å². The first-order chi connectivity index (χ1) is 7.93. The lowest BCUT2D eigenvalue weighted by Gasteiger charge is -2.23. The summed E-state index contributed by atoms with van der Waals surface area (Å²) < 4.78 is 10.5. The zero-order chi connectivity index (χ0) is 11.5. The van der Waals surface area contributed by atoms with Crippen molar-refractivity contribution in [1.29, 1.82) is 0 Å². The van der Waals surface area contributed by atoms with Crippen LogP contribution >= 0.6 is 0 Å². The van der Waals surface area contributed by atoms with E-state index in [9.17, 15) is 0 Å². The van der Waals surface area contributed by atoms with Crippen LogP contribution in [0.4, 0.5) is 0 Å². The molecule has 1 fully saturated rings. The van der Waals surface area contributed by atoms with Crippen molar-refractivity contribution < 1.29 is 9.47 Å². The molecule has 0 aliphatic carbocycles. The molecule has 0 aromatic carbocycles. The Bertz CT molecular complexity index is 198. The number of rotatable bonds is 8. The molecule has 0 unspecified atom stereocenters. The molecular formula is C12H22N2O2. The first-order valence-corrected chi connectivity index (χ1v) is 5.96. The lowest BCUT2D eigenvalue weighted by molar-refractivity contribution is 0.0602. The molecule has 1 heterocycles. The molecule has 0 spiro atoms. The van der Waals surface area contributed by atoms with Gasteiger partial charge >= 0.3 is 0 Å². The Balaban J connectivity index is 1.79. The highest BCUT2D eigenvalue weighted by atomic mass is 16.5. The van der Waals surface area contributed by atoms with Crippen molar-refractivity contribution in [2.75, 3.05) is 46.1 Å². The molecule has 0 aromatic heterocycles. The van der Waals surface area contributed by atoms with E-state index in [2.05, 4.69) is 16.6 Å². The van der Waals surface area contributed by atoms with E-state index in [0.717, 1.165) is 26.2 Å². The lowest BCUT2D eigenvalue weighted by atomic mass is 10.1. The number of nitrogens with one attached hydrogen (secondary N) is 2. The van der Waals surface area contributed by atoms with Crippen LogP contribution in [0.15, 0.2) is 0 Å². The molecule has 0 saturated carbocycles. The van der Waals surface area contributed by atoms with Gasteiger partial charge in [0, 0.05) is 12.6 Å². The smallest absolute Gasteiger partial charge is 0.107 e. The Hall–Kier alpha value is -0.600. The Kier molecular flexibility index (Phi) is 8.09. The number of hydrogen-bond acceptors (Lipinski definition) is 4. The van der Waals surface area contributed by atoms with Gasteiger partial charge in [-0.05, 0) is 25.9 Å². The average molecular weight is 226 g/mol. The van der Waals surface area contributed by atoms with Gasteiger partial charge in [0.1, 0.15) is 6.61 Å². The van der Waals surface area contributed by atoms with Crippen LogP contribution < -0.4 is 10.6 Å². The molecule has 92 valence electrons. The first kappa shape index (κ1) is 13.5. The predicted octanol–water partition coefficient (Wildman–Crippen LogP) is -0.00560. The fourth-order valence-corrected chi connectivity index (χ4v) is 1.71. The predicted molar refractivity (Wildman–Crippen MR) is 64.4 cm³/mol. The van der Waals surface area contributed by atoms with Gasteiger partial charge in [-0.15, -0.1) is 6.42 Å². The summed E-state index contributed by atoms with van der Waals surface area (Å²) in [5.41, 5.74) is 0. The molecule has 0 aromatic rings. The van der Waals surface area contributed by atoms with E-state index in [1.807, 2.05) is 0 Å². The molecule has 16 heavy (non-hydrogen) atoms. The van der Waals surface area contributed by atoms with E-state index in [1.165, 1.54) is 12.8 Å². The van der Waals surface area contributed by atoms with E-state index < -0.39 is 0 Å². The summed E-state index contributed by atoms with van der Waals surface area (Å²) in [7, 11) is 0. The summed E-state index contributed by atoms with van der Waals surface area (Å²) in [5.74, 6) is 2.42. The minimum atomic E-state index is 0.372. The first-order valence-electron chi connectivity index (χ1n) is 5.96. The second kappa shape index (κ2) is 9.61.